The second kappa shape index (κ2) is 8.37. The van der Waals surface area contributed by atoms with Crippen molar-refractivity contribution in [1.29, 1.82) is 0 Å². The minimum atomic E-state index is -0.0368. The molecule has 6 heteroatoms. The van der Waals surface area contributed by atoms with Crippen molar-refractivity contribution in [3.63, 3.8) is 0 Å². The lowest BCUT2D eigenvalue weighted by molar-refractivity contribution is -0.133. The number of hydrogen-bond acceptors (Lipinski definition) is 3. The third-order valence-electron chi connectivity index (χ3n) is 5.16. The van der Waals surface area contributed by atoms with Crippen LogP contribution in [0.15, 0.2) is 36.4 Å². The SMILES string of the molecule is CC[C@H]1CN(C(=O)c2cc(C)nn2CC)CCC(=O)N1Cc1ccccc1. The van der Waals surface area contributed by atoms with Crippen LogP contribution in [-0.2, 0) is 17.9 Å². The van der Waals surface area contributed by atoms with Gasteiger partial charge in [-0.25, -0.2) is 0 Å². The van der Waals surface area contributed by atoms with Gasteiger partial charge < -0.3 is 9.80 Å². The monoisotopic (exact) mass is 368 g/mol. The molecule has 0 bridgehead atoms. The van der Waals surface area contributed by atoms with Crippen LogP contribution in [0, 0.1) is 6.92 Å². The van der Waals surface area contributed by atoms with E-state index in [0.29, 0.717) is 38.3 Å². The molecule has 1 aromatic heterocycles. The number of carbonyl (C=O) groups excluding carboxylic acids is 2. The average molecular weight is 368 g/mol. The Labute approximate surface area is 160 Å². The maximum Gasteiger partial charge on any atom is 0.272 e. The first-order valence-electron chi connectivity index (χ1n) is 9.70. The summed E-state index contributed by atoms with van der Waals surface area (Å²) in [6, 6.07) is 11.9. The Bertz CT molecular complexity index is 800. The number of rotatable bonds is 5. The lowest BCUT2D eigenvalue weighted by Gasteiger charge is -2.31. The molecule has 0 aliphatic carbocycles. The van der Waals surface area contributed by atoms with E-state index in [1.54, 1.807) is 4.68 Å². The van der Waals surface area contributed by atoms with Crippen LogP contribution < -0.4 is 0 Å². The third-order valence-corrected chi connectivity index (χ3v) is 5.16. The molecule has 27 heavy (non-hydrogen) atoms. The van der Waals surface area contributed by atoms with Crippen LogP contribution in [0.25, 0.3) is 0 Å². The lowest BCUT2D eigenvalue weighted by Crippen LogP contribution is -2.44. The van der Waals surface area contributed by atoms with E-state index in [-0.39, 0.29) is 17.9 Å². The first-order valence-corrected chi connectivity index (χ1v) is 9.70. The molecule has 0 saturated carbocycles. The lowest BCUT2D eigenvalue weighted by atomic mass is 10.1. The Morgan fingerprint density at radius 2 is 1.96 bits per heavy atom. The van der Waals surface area contributed by atoms with Gasteiger partial charge in [-0.05, 0) is 31.9 Å². The van der Waals surface area contributed by atoms with Gasteiger partial charge in [0.15, 0.2) is 0 Å². The number of benzene rings is 1. The first-order chi connectivity index (χ1) is 13.0. The zero-order chi connectivity index (χ0) is 19.4. The van der Waals surface area contributed by atoms with Crippen molar-refractivity contribution in [1.82, 2.24) is 19.6 Å². The zero-order valence-electron chi connectivity index (χ0n) is 16.4. The smallest absolute Gasteiger partial charge is 0.272 e. The van der Waals surface area contributed by atoms with Gasteiger partial charge in [0.05, 0.1) is 5.69 Å². The van der Waals surface area contributed by atoms with Crippen molar-refractivity contribution < 1.29 is 9.59 Å². The van der Waals surface area contributed by atoms with Crippen molar-refractivity contribution in [3.05, 3.63) is 53.3 Å². The van der Waals surface area contributed by atoms with Crippen molar-refractivity contribution in [2.75, 3.05) is 13.1 Å². The van der Waals surface area contributed by atoms with Gasteiger partial charge in [0, 0.05) is 38.6 Å². The summed E-state index contributed by atoms with van der Waals surface area (Å²) in [6.45, 7) is 8.20. The molecule has 0 radical (unpaired) electrons. The Balaban J connectivity index is 1.80. The van der Waals surface area contributed by atoms with Crippen LogP contribution in [0.2, 0.25) is 0 Å². The molecule has 0 N–H and O–H groups in total. The van der Waals surface area contributed by atoms with E-state index in [1.165, 1.54) is 0 Å². The number of carbonyl (C=O) groups is 2. The summed E-state index contributed by atoms with van der Waals surface area (Å²) in [5.74, 6) is 0.0754. The molecule has 0 spiro atoms. The molecule has 1 fully saturated rings. The molecule has 0 unspecified atom stereocenters. The van der Waals surface area contributed by atoms with Crippen LogP contribution in [0.4, 0.5) is 0 Å². The summed E-state index contributed by atoms with van der Waals surface area (Å²) >= 11 is 0. The van der Waals surface area contributed by atoms with Gasteiger partial charge in [0.25, 0.3) is 5.91 Å². The van der Waals surface area contributed by atoms with E-state index in [4.69, 9.17) is 0 Å². The predicted octanol–water partition coefficient (Wildman–Crippen LogP) is 2.86. The third kappa shape index (κ3) is 4.21. The molecular formula is C21H28N4O2. The molecule has 2 amide bonds. The molecule has 1 saturated heterocycles. The van der Waals surface area contributed by atoms with Crippen molar-refractivity contribution in [3.8, 4) is 0 Å². The van der Waals surface area contributed by atoms with E-state index in [2.05, 4.69) is 12.0 Å². The summed E-state index contributed by atoms with van der Waals surface area (Å²) in [5, 5.41) is 4.39. The summed E-state index contributed by atoms with van der Waals surface area (Å²) in [6.07, 6.45) is 1.17. The normalized spacial score (nSPS) is 17.9. The second-order valence-corrected chi connectivity index (χ2v) is 7.06. The Morgan fingerprint density at radius 1 is 1.22 bits per heavy atom. The van der Waals surface area contributed by atoms with Gasteiger partial charge in [-0.3, -0.25) is 14.3 Å². The highest BCUT2D eigenvalue weighted by molar-refractivity contribution is 5.93. The number of amides is 2. The number of hydrogen-bond donors (Lipinski definition) is 0. The van der Waals surface area contributed by atoms with Crippen molar-refractivity contribution in [2.45, 2.75) is 52.7 Å². The highest BCUT2D eigenvalue weighted by Gasteiger charge is 2.32. The minimum absolute atomic E-state index is 0.0169. The van der Waals surface area contributed by atoms with Crippen molar-refractivity contribution in [2.24, 2.45) is 0 Å². The highest BCUT2D eigenvalue weighted by Crippen LogP contribution is 2.19. The molecule has 2 heterocycles. The maximum atomic E-state index is 13.1. The van der Waals surface area contributed by atoms with Gasteiger partial charge >= 0.3 is 0 Å². The largest absolute Gasteiger partial charge is 0.335 e. The fraction of sp³-hybridized carbons (Fsp3) is 0.476. The van der Waals surface area contributed by atoms with Gasteiger partial charge in [-0.15, -0.1) is 0 Å². The molecule has 1 atom stereocenters. The highest BCUT2D eigenvalue weighted by atomic mass is 16.2. The summed E-state index contributed by atoms with van der Waals surface area (Å²) < 4.78 is 1.74. The molecule has 1 aliphatic rings. The Kier molecular flexibility index (Phi) is 5.94. The minimum Gasteiger partial charge on any atom is -0.335 e. The van der Waals surface area contributed by atoms with Crippen molar-refractivity contribution >= 4 is 11.8 Å². The summed E-state index contributed by atoms with van der Waals surface area (Å²) in [7, 11) is 0. The van der Waals surface area contributed by atoms with E-state index in [0.717, 1.165) is 17.7 Å². The average Bonchev–Trinajstić information content (AvgIpc) is 2.99. The number of nitrogens with zero attached hydrogens (tertiary/aromatic N) is 4. The van der Waals surface area contributed by atoms with E-state index in [9.17, 15) is 9.59 Å². The Hall–Kier alpha value is -2.63. The topological polar surface area (TPSA) is 58.4 Å². The Morgan fingerprint density at radius 3 is 2.63 bits per heavy atom. The quantitative estimate of drug-likeness (QED) is 0.815. The summed E-state index contributed by atoms with van der Waals surface area (Å²) in [4.78, 5) is 29.7. The molecule has 1 aliphatic heterocycles. The molecule has 144 valence electrons. The molecule has 6 nitrogen and oxygen atoms in total. The zero-order valence-corrected chi connectivity index (χ0v) is 16.4. The molecular weight excluding hydrogens is 340 g/mol. The fourth-order valence-corrected chi connectivity index (χ4v) is 3.67. The maximum absolute atomic E-state index is 13.1. The molecule has 1 aromatic carbocycles. The van der Waals surface area contributed by atoms with Crippen LogP contribution >= 0.6 is 0 Å². The fourth-order valence-electron chi connectivity index (χ4n) is 3.67. The van der Waals surface area contributed by atoms with Gasteiger partial charge in [-0.1, -0.05) is 37.3 Å². The van der Waals surface area contributed by atoms with Crippen LogP contribution in [-0.4, -0.2) is 50.5 Å². The molecule has 2 aromatic rings. The van der Waals surface area contributed by atoms with Gasteiger partial charge in [0.2, 0.25) is 5.91 Å². The van der Waals surface area contributed by atoms with Crippen LogP contribution in [0.3, 0.4) is 0 Å². The van der Waals surface area contributed by atoms with E-state index >= 15 is 0 Å². The first kappa shape index (κ1) is 19.1. The van der Waals surface area contributed by atoms with Crippen LogP contribution in [0.5, 0.6) is 0 Å². The number of aryl methyl sites for hydroxylation is 2. The number of aromatic nitrogens is 2. The summed E-state index contributed by atoms with van der Waals surface area (Å²) in [5.41, 5.74) is 2.56. The van der Waals surface area contributed by atoms with Gasteiger partial charge in [-0.2, -0.15) is 5.10 Å². The standard InChI is InChI=1S/C21H28N4O2/c1-4-18-15-23(21(27)19-13-16(3)22-25(19)5-2)12-11-20(26)24(18)14-17-9-7-6-8-10-17/h6-10,13,18H,4-5,11-12,14-15H2,1-3H3/t18-/m0/s1. The predicted molar refractivity (Wildman–Crippen MR) is 104 cm³/mol. The molecule has 3 rings (SSSR count). The van der Waals surface area contributed by atoms with E-state index < -0.39 is 0 Å². The second-order valence-electron chi connectivity index (χ2n) is 7.06. The van der Waals surface area contributed by atoms with Gasteiger partial charge in [0.1, 0.15) is 5.69 Å². The van der Waals surface area contributed by atoms with E-state index in [1.807, 2.05) is 60.0 Å². The van der Waals surface area contributed by atoms with Crippen LogP contribution in [0.1, 0.15) is 48.4 Å².